The van der Waals surface area contributed by atoms with Crippen LogP contribution in [0.4, 0.5) is 5.69 Å². The minimum Gasteiger partial charge on any atom is -0.491 e. The predicted octanol–water partition coefficient (Wildman–Crippen LogP) is 2.73. The maximum absolute atomic E-state index is 5.89. The van der Waals surface area contributed by atoms with Gasteiger partial charge in [-0.05, 0) is 36.2 Å². The summed E-state index contributed by atoms with van der Waals surface area (Å²) in [6, 6.07) is 15.1. The van der Waals surface area contributed by atoms with Gasteiger partial charge in [0.2, 0.25) is 0 Å². The predicted molar refractivity (Wildman–Crippen MR) is 84.8 cm³/mol. The lowest BCUT2D eigenvalue weighted by Crippen LogP contribution is -2.30. The Morgan fingerprint density at radius 3 is 2.90 bits per heavy atom. The number of rotatable bonds is 1. The molecule has 2 aromatic rings. The third kappa shape index (κ3) is 2.38. The topological polar surface area (TPSA) is 24.5 Å². The molecule has 0 amide bonds. The summed E-state index contributed by atoms with van der Waals surface area (Å²) in [5, 5.41) is 3.50. The molecule has 1 N–H and O–H groups in total. The fourth-order valence-electron chi connectivity index (χ4n) is 3.32. The summed E-state index contributed by atoms with van der Waals surface area (Å²) in [5.41, 5.74) is 5.59. The Hall–Kier alpha value is -2.00. The van der Waals surface area contributed by atoms with Crippen molar-refractivity contribution in [3.05, 3.63) is 59.2 Å². The molecule has 0 aliphatic carbocycles. The Labute approximate surface area is 125 Å². The van der Waals surface area contributed by atoms with E-state index < -0.39 is 0 Å². The van der Waals surface area contributed by atoms with E-state index in [2.05, 4.69) is 46.6 Å². The van der Waals surface area contributed by atoms with E-state index in [1.807, 2.05) is 6.07 Å². The summed E-state index contributed by atoms with van der Waals surface area (Å²) in [7, 11) is 0. The lowest BCUT2D eigenvalue weighted by Gasteiger charge is -2.28. The molecule has 2 aliphatic heterocycles. The van der Waals surface area contributed by atoms with Crippen molar-refractivity contribution in [2.75, 3.05) is 24.6 Å². The number of hydrogen-bond acceptors (Lipinski definition) is 3. The Morgan fingerprint density at radius 2 is 1.90 bits per heavy atom. The summed E-state index contributed by atoms with van der Waals surface area (Å²) in [5.74, 6) is 1.03. The first-order chi connectivity index (χ1) is 10.4. The number of para-hydroxylation sites is 1. The highest BCUT2D eigenvalue weighted by Gasteiger charge is 2.20. The average Bonchev–Trinajstić information content (AvgIpc) is 2.76. The third-order valence-corrected chi connectivity index (χ3v) is 4.41. The van der Waals surface area contributed by atoms with Crippen LogP contribution in [0.15, 0.2) is 42.5 Å². The maximum atomic E-state index is 5.89. The lowest BCUT2D eigenvalue weighted by atomic mass is 9.98. The molecule has 3 heteroatoms. The molecule has 0 saturated carbocycles. The van der Waals surface area contributed by atoms with Crippen LogP contribution in [0.5, 0.6) is 5.75 Å². The normalized spacial score (nSPS) is 17.4. The molecule has 0 spiro atoms. The number of hydrogen-bond donors (Lipinski definition) is 1. The summed E-state index contributed by atoms with van der Waals surface area (Å²) >= 11 is 0. The zero-order valence-electron chi connectivity index (χ0n) is 12.1. The molecule has 0 bridgehead atoms. The molecule has 0 saturated heterocycles. The van der Waals surface area contributed by atoms with Gasteiger partial charge in [-0.3, -0.25) is 0 Å². The first-order valence-electron chi connectivity index (χ1n) is 7.69. The molecule has 2 aliphatic rings. The fraction of sp³-hybridized carbons (Fsp3) is 0.333. The molecule has 0 fully saturated rings. The number of ether oxygens (including phenoxy) is 1. The van der Waals surface area contributed by atoms with Crippen LogP contribution in [-0.2, 0) is 19.5 Å². The van der Waals surface area contributed by atoms with Crippen LogP contribution in [-0.4, -0.2) is 19.7 Å². The minimum absolute atomic E-state index is 0.744. The summed E-state index contributed by atoms with van der Waals surface area (Å²) in [4.78, 5) is 2.46. The zero-order chi connectivity index (χ0) is 14.1. The zero-order valence-corrected chi connectivity index (χ0v) is 12.1. The molecule has 0 atom stereocenters. The standard InChI is InChI=1S/C18H20N2O/c1-2-7-18-15(4-1)13-20(10-11-21-18)17-6-3-5-14-8-9-19-12-16(14)17/h1-7,19H,8-13H2. The van der Waals surface area contributed by atoms with Gasteiger partial charge in [0, 0.05) is 24.3 Å². The molecule has 4 rings (SSSR count). The Bertz CT molecular complexity index is 653. The number of anilines is 1. The first-order valence-corrected chi connectivity index (χ1v) is 7.69. The quantitative estimate of drug-likeness (QED) is 0.869. The van der Waals surface area contributed by atoms with E-state index in [0.29, 0.717) is 0 Å². The van der Waals surface area contributed by atoms with Crippen LogP contribution in [0.1, 0.15) is 16.7 Å². The SMILES string of the molecule is c1ccc2c(c1)CN(c1cccc3c1CNCC3)CCO2. The van der Waals surface area contributed by atoms with Gasteiger partial charge in [0.15, 0.2) is 0 Å². The highest BCUT2D eigenvalue weighted by atomic mass is 16.5. The van der Waals surface area contributed by atoms with Gasteiger partial charge in [0.25, 0.3) is 0 Å². The summed E-state index contributed by atoms with van der Waals surface area (Å²) in [6.45, 7) is 4.67. The Balaban J connectivity index is 1.71. The van der Waals surface area contributed by atoms with Crippen LogP contribution >= 0.6 is 0 Å². The second kappa shape index (κ2) is 5.41. The molecule has 3 nitrogen and oxygen atoms in total. The van der Waals surface area contributed by atoms with Crippen LogP contribution < -0.4 is 15.0 Å². The molecule has 0 unspecified atom stereocenters. The molecule has 2 aromatic carbocycles. The van der Waals surface area contributed by atoms with Crippen molar-refractivity contribution in [3.8, 4) is 5.75 Å². The van der Waals surface area contributed by atoms with Crippen LogP contribution in [0.25, 0.3) is 0 Å². The van der Waals surface area contributed by atoms with E-state index in [1.165, 1.54) is 22.4 Å². The Kier molecular flexibility index (Phi) is 3.28. The molecule has 108 valence electrons. The van der Waals surface area contributed by atoms with Crippen LogP contribution in [0.3, 0.4) is 0 Å². The number of nitrogens with one attached hydrogen (secondary N) is 1. The van der Waals surface area contributed by atoms with E-state index in [9.17, 15) is 0 Å². The Morgan fingerprint density at radius 1 is 1.00 bits per heavy atom. The van der Waals surface area contributed by atoms with Crippen molar-refractivity contribution >= 4 is 5.69 Å². The van der Waals surface area contributed by atoms with E-state index in [-0.39, 0.29) is 0 Å². The average molecular weight is 280 g/mol. The highest BCUT2D eigenvalue weighted by molar-refractivity contribution is 5.58. The minimum atomic E-state index is 0.744. The van der Waals surface area contributed by atoms with Gasteiger partial charge in [-0.25, -0.2) is 0 Å². The van der Waals surface area contributed by atoms with E-state index in [4.69, 9.17) is 4.74 Å². The van der Waals surface area contributed by atoms with Gasteiger partial charge < -0.3 is 15.0 Å². The highest BCUT2D eigenvalue weighted by Crippen LogP contribution is 2.30. The van der Waals surface area contributed by atoms with Gasteiger partial charge in [-0.1, -0.05) is 30.3 Å². The second-order valence-corrected chi connectivity index (χ2v) is 5.72. The molecular formula is C18H20N2O. The largest absolute Gasteiger partial charge is 0.491 e. The molecule has 0 radical (unpaired) electrons. The van der Waals surface area contributed by atoms with Gasteiger partial charge in [-0.15, -0.1) is 0 Å². The van der Waals surface area contributed by atoms with E-state index in [1.54, 1.807) is 0 Å². The smallest absolute Gasteiger partial charge is 0.124 e. The van der Waals surface area contributed by atoms with Crippen molar-refractivity contribution in [3.63, 3.8) is 0 Å². The molecule has 0 aromatic heterocycles. The first kappa shape index (κ1) is 12.7. The van der Waals surface area contributed by atoms with E-state index in [0.717, 1.165) is 45.0 Å². The van der Waals surface area contributed by atoms with Crippen molar-refractivity contribution in [2.24, 2.45) is 0 Å². The molecule has 21 heavy (non-hydrogen) atoms. The van der Waals surface area contributed by atoms with Crippen molar-refractivity contribution < 1.29 is 4.74 Å². The third-order valence-electron chi connectivity index (χ3n) is 4.41. The lowest BCUT2D eigenvalue weighted by molar-refractivity contribution is 0.331. The van der Waals surface area contributed by atoms with Gasteiger partial charge >= 0.3 is 0 Å². The van der Waals surface area contributed by atoms with Gasteiger partial charge in [-0.2, -0.15) is 0 Å². The number of nitrogens with zero attached hydrogens (tertiary/aromatic N) is 1. The van der Waals surface area contributed by atoms with E-state index >= 15 is 0 Å². The van der Waals surface area contributed by atoms with Crippen molar-refractivity contribution in [1.82, 2.24) is 5.32 Å². The van der Waals surface area contributed by atoms with Crippen LogP contribution in [0, 0.1) is 0 Å². The van der Waals surface area contributed by atoms with Crippen molar-refractivity contribution in [2.45, 2.75) is 19.5 Å². The second-order valence-electron chi connectivity index (χ2n) is 5.72. The van der Waals surface area contributed by atoms with Gasteiger partial charge in [0.05, 0.1) is 6.54 Å². The molecular weight excluding hydrogens is 260 g/mol. The molecule has 2 heterocycles. The number of fused-ring (bicyclic) bond motifs is 2. The summed E-state index contributed by atoms with van der Waals surface area (Å²) in [6.07, 6.45) is 1.13. The van der Waals surface area contributed by atoms with Crippen molar-refractivity contribution in [1.29, 1.82) is 0 Å². The monoisotopic (exact) mass is 280 g/mol. The fourth-order valence-corrected chi connectivity index (χ4v) is 3.32. The summed E-state index contributed by atoms with van der Waals surface area (Å²) < 4.78 is 5.89. The maximum Gasteiger partial charge on any atom is 0.124 e. The van der Waals surface area contributed by atoms with Crippen LogP contribution in [0.2, 0.25) is 0 Å². The number of benzene rings is 2. The van der Waals surface area contributed by atoms with Gasteiger partial charge in [0.1, 0.15) is 12.4 Å².